The van der Waals surface area contributed by atoms with Crippen LogP contribution in [0.15, 0.2) is 34.3 Å². The number of hydrogen-bond donors (Lipinski definition) is 2. The number of morpholine rings is 1. The quantitative estimate of drug-likeness (QED) is 0.593. The van der Waals surface area contributed by atoms with Gasteiger partial charge in [-0.05, 0) is 24.3 Å². The molecule has 0 atom stereocenters. The number of amides is 1. The molecular weight excluding hydrogens is 404 g/mol. The van der Waals surface area contributed by atoms with Crippen molar-refractivity contribution >= 4 is 33.4 Å². The number of nitrogens with one attached hydrogen (secondary N) is 1. The predicted octanol–water partition coefficient (Wildman–Crippen LogP) is 0.0255. The lowest BCUT2D eigenvalue weighted by molar-refractivity contribution is -0.113. The number of nitrogens with two attached hydrogens (primary N) is 1. The van der Waals surface area contributed by atoms with E-state index in [1.54, 1.807) is 0 Å². The van der Waals surface area contributed by atoms with Gasteiger partial charge in [0.2, 0.25) is 15.9 Å². The third-order valence-electron chi connectivity index (χ3n) is 4.19. The summed E-state index contributed by atoms with van der Waals surface area (Å²) < 4.78 is 29.7. The van der Waals surface area contributed by atoms with Crippen LogP contribution in [0.5, 0.6) is 0 Å². The molecule has 1 amide bonds. The second-order valence-corrected chi connectivity index (χ2v) is 8.76. The first-order chi connectivity index (χ1) is 13.3. The number of carbonyl (C=O) groups is 1. The molecule has 1 fully saturated rings. The Kier molecular flexibility index (Phi) is 6.67. The standard InChI is InChI=1S/C16H22N6O4S2/c1-21-14(10-22-6-8-26-9-7-22)19-20-16(21)27-11-15(23)18-12-2-4-13(5-3-12)28(17,24)25/h2-5H,6-11H2,1H3,(H,18,23)(H2,17,24,25). The first kappa shape index (κ1) is 20.7. The summed E-state index contributed by atoms with van der Waals surface area (Å²) in [4.78, 5) is 14.4. The van der Waals surface area contributed by atoms with Crippen molar-refractivity contribution in [2.45, 2.75) is 16.6 Å². The molecule has 2 heterocycles. The smallest absolute Gasteiger partial charge is 0.238 e. The van der Waals surface area contributed by atoms with Crippen molar-refractivity contribution in [3.05, 3.63) is 30.1 Å². The van der Waals surface area contributed by atoms with E-state index in [0.29, 0.717) is 17.4 Å². The van der Waals surface area contributed by atoms with E-state index in [-0.39, 0.29) is 16.6 Å². The van der Waals surface area contributed by atoms with Crippen LogP contribution in [-0.4, -0.2) is 66.0 Å². The minimum absolute atomic E-state index is 0.00763. The van der Waals surface area contributed by atoms with Gasteiger partial charge >= 0.3 is 0 Å². The highest BCUT2D eigenvalue weighted by Crippen LogP contribution is 2.18. The van der Waals surface area contributed by atoms with Gasteiger partial charge in [-0.3, -0.25) is 9.69 Å². The van der Waals surface area contributed by atoms with Crippen LogP contribution in [0.4, 0.5) is 5.69 Å². The zero-order valence-corrected chi connectivity index (χ0v) is 17.0. The van der Waals surface area contributed by atoms with Crippen molar-refractivity contribution in [1.82, 2.24) is 19.7 Å². The van der Waals surface area contributed by atoms with Gasteiger partial charge in [0.1, 0.15) is 5.82 Å². The molecule has 0 bridgehead atoms. The molecule has 2 aromatic rings. The Balaban J connectivity index is 1.52. The summed E-state index contributed by atoms with van der Waals surface area (Å²) >= 11 is 1.28. The summed E-state index contributed by atoms with van der Waals surface area (Å²) in [5.41, 5.74) is 0.490. The minimum Gasteiger partial charge on any atom is -0.379 e. The maximum absolute atomic E-state index is 12.1. The normalized spacial score (nSPS) is 15.5. The van der Waals surface area contributed by atoms with Crippen LogP contribution >= 0.6 is 11.8 Å². The van der Waals surface area contributed by atoms with Crippen LogP contribution in [0.2, 0.25) is 0 Å². The zero-order chi connectivity index (χ0) is 20.1. The minimum atomic E-state index is -3.75. The highest BCUT2D eigenvalue weighted by molar-refractivity contribution is 7.99. The average Bonchev–Trinajstić information content (AvgIpc) is 3.00. The van der Waals surface area contributed by atoms with Gasteiger partial charge in [0.15, 0.2) is 5.16 Å². The fourth-order valence-electron chi connectivity index (χ4n) is 2.62. The molecule has 12 heteroatoms. The van der Waals surface area contributed by atoms with E-state index >= 15 is 0 Å². The van der Waals surface area contributed by atoms with E-state index in [4.69, 9.17) is 9.88 Å². The molecule has 1 aliphatic rings. The van der Waals surface area contributed by atoms with Gasteiger partial charge in [-0.25, -0.2) is 13.6 Å². The van der Waals surface area contributed by atoms with Crippen molar-refractivity contribution in [2.24, 2.45) is 12.2 Å². The molecule has 152 valence electrons. The van der Waals surface area contributed by atoms with Crippen molar-refractivity contribution in [3.63, 3.8) is 0 Å². The SMILES string of the molecule is Cn1c(CN2CCOCC2)nnc1SCC(=O)Nc1ccc(S(N)(=O)=O)cc1. The van der Waals surface area contributed by atoms with Gasteiger partial charge in [0, 0.05) is 25.8 Å². The fourth-order valence-corrected chi connectivity index (χ4v) is 3.87. The summed E-state index contributed by atoms with van der Waals surface area (Å²) in [6.07, 6.45) is 0. The molecule has 1 saturated heterocycles. The van der Waals surface area contributed by atoms with Crippen molar-refractivity contribution in [1.29, 1.82) is 0 Å². The zero-order valence-electron chi connectivity index (χ0n) is 15.4. The van der Waals surface area contributed by atoms with Crippen LogP contribution < -0.4 is 10.5 Å². The number of benzene rings is 1. The predicted molar refractivity (Wildman–Crippen MR) is 104 cm³/mol. The Hall–Kier alpha value is -1.99. The molecule has 0 saturated carbocycles. The van der Waals surface area contributed by atoms with Gasteiger partial charge in [0.05, 0.1) is 30.4 Å². The van der Waals surface area contributed by atoms with Crippen LogP contribution in [0, 0.1) is 0 Å². The van der Waals surface area contributed by atoms with Crippen LogP contribution in [-0.2, 0) is 33.1 Å². The lowest BCUT2D eigenvalue weighted by Crippen LogP contribution is -2.36. The van der Waals surface area contributed by atoms with Crippen LogP contribution in [0.1, 0.15) is 5.82 Å². The number of primary sulfonamides is 1. The maximum atomic E-state index is 12.1. The van der Waals surface area contributed by atoms with Crippen LogP contribution in [0.25, 0.3) is 0 Å². The summed E-state index contributed by atoms with van der Waals surface area (Å²) in [7, 11) is -1.88. The number of carbonyl (C=O) groups excluding carboxylic acids is 1. The summed E-state index contributed by atoms with van der Waals surface area (Å²) in [6.45, 7) is 3.86. The molecule has 0 unspecified atom stereocenters. The number of rotatable bonds is 7. The van der Waals surface area contributed by atoms with Gasteiger partial charge < -0.3 is 14.6 Å². The van der Waals surface area contributed by atoms with Crippen molar-refractivity contribution in [3.8, 4) is 0 Å². The van der Waals surface area contributed by atoms with E-state index < -0.39 is 10.0 Å². The van der Waals surface area contributed by atoms with E-state index in [1.165, 1.54) is 36.0 Å². The molecule has 28 heavy (non-hydrogen) atoms. The van der Waals surface area contributed by atoms with E-state index in [1.807, 2.05) is 11.6 Å². The van der Waals surface area contributed by atoms with Crippen molar-refractivity contribution in [2.75, 3.05) is 37.4 Å². The second kappa shape index (κ2) is 9.01. The third kappa shape index (κ3) is 5.52. The highest BCUT2D eigenvalue weighted by Gasteiger charge is 2.16. The topological polar surface area (TPSA) is 132 Å². The van der Waals surface area contributed by atoms with E-state index in [9.17, 15) is 13.2 Å². The van der Waals surface area contributed by atoms with Gasteiger partial charge in [0.25, 0.3) is 0 Å². The van der Waals surface area contributed by atoms with Crippen molar-refractivity contribution < 1.29 is 17.9 Å². The molecule has 10 nitrogen and oxygen atoms in total. The third-order valence-corrected chi connectivity index (χ3v) is 6.14. The number of anilines is 1. The number of thioether (sulfide) groups is 1. The Labute approximate surface area is 167 Å². The molecular formula is C16H22N6O4S2. The van der Waals surface area contributed by atoms with Crippen LogP contribution in [0.3, 0.4) is 0 Å². The summed E-state index contributed by atoms with van der Waals surface area (Å²) in [6, 6.07) is 5.67. The number of nitrogens with zero attached hydrogens (tertiary/aromatic N) is 4. The largest absolute Gasteiger partial charge is 0.379 e. The highest BCUT2D eigenvalue weighted by atomic mass is 32.2. The average molecular weight is 427 g/mol. The Bertz CT molecular complexity index is 923. The Morgan fingerprint density at radius 2 is 1.93 bits per heavy atom. The van der Waals surface area contributed by atoms with E-state index in [0.717, 1.165) is 32.1 Å². The number of hydrogen-bond acceptors (Lipinski definition) is 8. The molecule has 0 aliphatic carbocycles. The number of sulfonamides is 1. The maximum Gasteiger partial charge on any atom is 0.238 e. The first-order valence-electron chi connectivity index (χ1n) is 8.57. The molecule has 3 N–H and O–H groups in total. The van der Waals surface area contributed by atoms with E-state index in [2.05, 4.69) is 20.4 Å². The second-order valence-electron chi connectivity index (χ2n) is 6.25. The lowest BCUT2D eigenvalue weighted by Gasteiger charge is -2.25. The molecule has 1 aliphatic heterocycles. The lowest BCUT2D eigenvalue weighted by atomic mass is 10.3. The van der Waals surface area contributed by atoms with Gasteiger partial charge in [-0.2, -0.15) is 0 Å². The molecule has 0 radical (unpaired) electrons. The number of ether oxygens (including phenoxy) is 1. The summed E-state index contributed by atoms with van der Waals surface area (Å²) in [5.74, 6) is 0.759. The molecule has 0 spiro atoms. The monoisotopic (exact) mass is 426 g/mol. The molecule has 1 aromatic carbocycles. The first-order valence-corrected chi connectivity index (χ1v) is 11.1. The van der Waals surface area contributed by atoms with Gasteiger partial charge in [-0.1, -0.05) is 11.8 Å². The summed E-state index contributed by atoms with van der Waals surface area (Å²) in [5, 5.41) is 16.8. The Morgan fingerprint density at radius 1 is 1.25 bits per heavy atom. The molecule has 3 rings (SSSR count). The molecule has 1 aromatic heterocycles. The number of aromatic nitrogens is 3. The fraction of sp³-hybridized carbons (Fsp3) is 0.438. The van der Waals surface area contributed by atoms with Gasteiger partial charge in [-0.15, -0.1) is 10.2 Å². The Morgan fingerprint density at radius 3 is 2.57 bits per heavy atom.